The number of alkyl halides is 3. The molecule has 1 aromatic carbocycles. The summed E-state index contributed by atoms with van der Waals surface area (Å²) in [5, 5.41) is 22.2. The molecule has 7 nitrogen and oxygen atoms in total. The van der Waals surface area contributed by atoms with Gasteiger partial charge in [0.25, 0.3) is 0 Å². The van der Waals surface area contributed by atoms with Gasteiger partial charge in [-0.2, -0.15) is 18.3 Å². The first-order valence-electron chi connectivity index (χ1n) is 7.77. The summed E-state index contributed by atoms with van der Waals surface area (Å²) in [5.74, 6) is -2.79. The number of pyridine rings is 1. The Hall–Kier alpha value is -3.50. The SMILES string of the molecule is O=C(O)CCC(O)=c1c(=O)cc(-c2cc(C(F)(F)F)ccc2F)n2ncnc12. The predicted octanol–water partition coefficient (Wildman–Crippen LogP) is 2.16. The van der Waals surface area contributed by atoms with Crippen molar-refractivity contribution in [1.29, 1.82) is 0 Å². The monoisotopic (exact) mass is 397 g/mol. The Bertz CT molecular complexity index is 1190. The molecule has 11 heteroatoms. The molecule has 3 aromatic rings. The van der Waals surface area contributed by atoms with Crippen molar-refractivity contribution in [3.63, 3.8) is 0 Å². The Labute approximate surface area is 153 Å². The van der Waals surface area contributed by atoms with Gasteiger partial charge in [-0.05, 0) is 18.2 Å². The van der Waals surface area contributed by atoms with Crippen LogP contribution in [-0.2, 0) is 11.0 Å². The summed E-state index contributed by atoms with van der Waals surface area (Å²) in [5.41, 5.74) is -3.04. The largest absolute Gasteiger partial charge is 0.511 e. The van der Waals surface area contributed by atoms with Crippen LogP contribution in [0.25, 0.3) is 22.7 Å². The Morgan fingerprint density at radius 3 is 2.50 bits per heavy atom. The summed E-state index contributed by atoms with van der Waals surface area (Å²) in [7, 11) is 0. The van der Waals surface area contributed by atoms with Crippen molar-refractivity contribution >= 4 is 17.4 Å². The van der Waals surface area contributed by atoms with Crippen LogP contribution < -0.4 is 10.6 Å². The summed E-state index contributed by atoms with van der Waals surface area (Å²) in [6.07, 6.45) is -4.59. The number of aliphatic hydroxyl groups is 1. The van der Waals surface area contributed by atoms with Crippen LogP contribution >= 0.6 is 0 Å². The lowest BCUT2D eigenvalue weighted by Gasteiger charge is -2.11. The van der Waals surface area contributed by atoms with E-state index < -0.39 is 46.7 Å². The molecule has 146 valence electrons. The van der Waals surface area contributed by atoms with E-state index in [9.17, 15) is 32.3 Å². The molecule has 3 rings (SSSR count). The summed E-state index contributed by atoms with van der Waals surface area (Å²) in [6, 6.07) is 2.54. The zero-order valence-corrected chi connectivity index (χ0v) is 13.9. The second-order valence-electron chi connectivity index (χ2n) is 5.80. The Balaban J connectivity index is 2.29. The second-order valence-corrected chi connectivity index (χ2v) is 5.80. The molecule has 0 aliphatic rings. The first-order valence-corrected chi connectivity index (χ1v) is 7.77. The van der Waals surface area contributed by atoms with Crippen LogP contribution in [0.3, 0.4) is 0 Å². The van der Waals surface area contributed by atoms with E-state index in [0.29, 0.717) is 18.2 Å². The highest BCUT2D eigenvalue weighted by Crippen LogP contribution is 2.33. The summed E-state index contributed by atoms with van der Waals surface area (Å²) in [6.45, 7) is 0. The molecule has 0 aliphatic heterocycles. The molecule has 2 aromatic heterocycles. The van der Waals surface area contributed by atoms with Crippen LogP contribution in [0.1, 0.15) is 18.4 Å². The number of halogens is 4. The number of aromatic nitrogens is 3. The maximum atomic E-state index is 14.2. The van der Waals surface area contributed by atoms with Gasteiger partial charge in [-0.3, -0.25) is 9.59 Å². The fourth-order valence-electron chi connectivity index (χ4n) is 2.67. The van der Waals surface area contributed by atoms with Crippen molar-refractivity contribution in [2.75, 3.05) is 0 Å². The minimum Gasteiger partial charge on any atom is -0.511 e. The molecule has 0 atom stereocenters. The van der Waals surface area contributed by atoms with E-state index in [1.54, 1.807) is 0 Å². The second kappa shape index (κ2) is 6.91. The molecular weight excluding hydrogens is 386 g/mol. The lowest BCUT2D eigenvalue weighted by atomic mass is 10.1. The third-order valence-corrected chi connectivity index (χ3v) is 3.95. The van der Waals surface area contributed by atoms with Gasteiger partial charge in [-0.25, -0.2) is 13.9 Å². The van der Waals surface area contributed by atoms with Crippen LogP contribution in [0.15, 0.2) is 35.4 Å². The molecule has 0 radical (unpaired) electrons. The Kier molecular flexibility index (Phi) is 4.75. The smallest absolute Gasteiger partial charge is 0.416 e. The van der Waals surface area contributed by atoms with Gasteiger partial charge in [0.05, 0.1) is 17.7 Å². The number of aliphatic hydroxyl groups excluding tert-OH is 1. The number of carboxylic acid groups (broad SMARTS) is 1. The number of hydrogen-bond donors (Lipinski definition) is 2. The maximum absolute atomic E-state index is 14.2. The van der Waals surface area contributed by atoms with E-state index in [0.717, 1.165) is 16.9 Å². The van der Waals surface area contributed by atoms with Crippen LogP contribution in [-0.4, -0.2) is 30.8 Å². The van der Waals surface area contributed by atoms with Crippen LogP contribution in [0.5, 0.6) is 0 Å². The fraction of sp³-hybridized carbons (Fsp3) is 0.176. The van der Waals surface area contributed by atoms with Gasteiger partial charge in [0.2, 0.25) is 0 Å². The van der Waals surface area contributed by atoms with Gasteiger partial charge < -0.3 is 10.2 Å². The van der Waals surface area contributed by atoms with Crippen molar-refractivity contribution in [1.82, 2.24) is 14.6 Å². The topological polar surface area (TPSA) is 105 Å². The standard InChI is InChI=1S/C17H11F4N3O4/c18-10-2-1-8(17(19,20)21)5-9(10)11-6-13(26)15(12(25)3-4-14(27)28)16-22-7-23-24(11)16/h1-2,5-7,25H,3-4H2,(H,27,28). The first kappa shape index (κ1) is 19.3. The van der Waals surface area contributed by atoms with Crippen molar-refractivity contribution in [2.45, 2.75) is 19.0 Å². The van der Waals surface area contributed by atoms with Crippen LogP contribution in [0.4, 0.5) is 17.6 Å². The predicted molar refractivity (Wildman–Crippen MR) is 87.8 cm³/mol. The van der Waals surface area contributed by atoms with E-state index in [1.807, 2.05) is 0 Å². The van der Waals surface area contributed by atoms with Gasteiger partial charge in [0.1, 0.15) is 23.1 Å². The molecule has 0 amide bonds. The molecule has 2 N–H and O–H groups in total. The van der Waals surface area contributed by atoms with E-state index >= 15 is 0 Å². The minimum absolute atomic E-state index is 0.234. The molecular formula is C17H11F4N3O4. The lowest BCUT2D eigenvalue weighted by molar-refractivity contribution is -0.138. The average molecular weight is 397 g/mol. The number of carbonyl (C=O) groups is 1. The zero-order valence-electron chi connectivity index (χ0n) is 13.9. The van der Waals surface area contributed by atoms with Gasteiger partial charge in [-0.1, -0.05) is 0 Å². The molecule has 0 bridgehead atoms. The molecule has 28 heavy (non-hydrogen) atoms. The highest BCUT2D eigenvalue weighted by molar-refractivity contribution is 5.69. The van der Waals surface area contributed by atoms with Crippen LogP contribution in [0.2, 0.25) is 0 Å². The van der Waals surface area contributed by atoms with Crippen molar-refractivity contribution in [3.8, 4) is 11.3 Å². The number of hydrogen-bond acceptors (Lipinski definition) is 5. The highest BCUT2D eigenvalue weighted by atomic mass is 19.4. The number of fused-ring (bicyclic) bond motifs is 1. The van der Waals surface area contributed by atoms with Gasteiger partial charge in [-0.15, -0.1) is 0 Å². The average Bonchev–Trinajstić information content (AvgIpc) is 3.07. The fourth-order valence-corrected chi connectivity index (χ4v) is 2.67. The molecule has 0 saturated carbocycles. The summed E-state index contributed by atoms with van der Waals surface area (Å²) >= 11 is 0. The van der Waals surface area contributed by atoms with E-state index in [1.165, 1.54) is 0 Å². The molecule has 0 unspecified atom stereocenters. The zero-order chi connectivity index (χ0) is 20.6. The number of nitrogens with zero attached hydrogens (tertiary/aromatic N) is 3. The molecule has 0 fully saturated rings. The Morgan fingerprint density at radius 1 is 1.14 bits per heavy atom. The third kappa shape index (κ3) is 3.50. The maximum Gasteiger partial charge on any atom is 0.416 e. The number of aliphatic carboxylic acids is 1. The first-order chi connectivity index (χ1) is 13.1. The molecule has 0 saturated heterocycles. The summed E-state index contributed by atoms with van der Waals surface area (Å²) in [4.78, 5) is 26.9. The minimum atomic E-state index is -4.73. The molecule has 0 aliphatic carbocycles. The van der Waals surface area contributed by atoms with E-state index in [2.05, 4.69) is 10.1 Å². The highest BCUT2D eigenvalue weighted by Gasteiger charge is 2.31. The van der Waals surface area contributed by atoms with Crippen molar-refractivity contribution in [2.24, 2.45) is 0 Å². The van der Waals surface area contributed by atoms with E-state index in [-0.39, 0.29) is 23.0 Å². The number of carboxylic acids is 1. The number of benzene rings is 1. The van der Waals surface area contributed by atoms with Crippen LogP contribution in [0, 0.1) is 5.82 Å². The molecule has 2 heterocycles. The number of rotatable bonds is 4. The Morgan fingerprint density at radius 2 is 1.86 bits per heavy atom. The van der Waals surface area contributed by atoms with Crippen molar-refractivity contribution < 1.29 is 32.6 Å². The normalized spacial score (nSPS) is 13.0. The summed E-state index contributed by atoms with van der Waals surface area (Å²) < 4.78 is 54.0. The van der Waals surface area contributed by atoms with Gasteiger partial charge >= 0.3 is 12.1 Å². The lowest BCUT2D eigenvalue weighted by Crippen LogP contribution is -2.30. The quantitative estimate of drug-likeness (QED) is 0.654. The van der Waals surface area contributed by atoms with Crippen molar-refractivity contribution in [3.05, 3.63) is 57.4 Å². The van der Waals surface area contributed by atoms with Gasteiger partial charge in [0.15, 0.2) is 11.1 Å². The third-order valence-electron chi connectivity index (χ3n) is 3.95. The molecule has 0 spiro atoms. The van der Waals surface area contributed by atoms with E-state index in [4.69, 9.17) is 5.11 Å². The van der Waals surface area contributed by atoms with Gasteiger partial charge in [0, 0.05) is 18.1 Å².